The van der Waals surface area contributed by atoms with Crippen molar-refractivity contribution in [3.63, 3.8) is 0 Å². The fraction of sp³-hybridized carbons (Fsp3) is 0.643. The van der Waals surface area contributed by atoms with E-state index in [0.29, 0.717) is 12.8 Å². The van der Waals surface area contributed by atoms with E-state index in [-0.39, 0.29) is 17.8 Å². The molecule has 0 aliphatic carbocycles. The summed E-state index contributed by atoms with van der Waals surface area (Å²) in [5, 5.41) is 8.19. The Morgan fingerprint density at radius 2 is 1.35 bits per heavy atom. The Morgan fingerprint density at radius 3 is 1.84 bits per heavy atom. The number of hydrogen-bond donors (Lipinski definition) is 3. The van der Waals surface area contributed by atoms with Crippen molar-refractivity contribution in [2.24, 2.45) is 11.3 Å². The zero-order chi connectivity index (χ0) is 28.4. The minimum atomic E-state index is -0.939. The molecule has 0 aliphatic rings. The maximum Gasteiger partial charge on any atom is 0.408 e. The molecule has 0 aromatic heterocycles. The van der Waals surface area contributed by atoms with Crippen molar-refractivity contribution in [1.82, 2.24) is 16.0 Å². The van der Waals surface area contributed by atoms with E-state index in [4.69, 9.17) is 9.47 Å². The first-order valence-electron chi connectivity index (χ1n) is 12.7. The molecular weight excluding hydrogens is 474 g/mol. The first kappa shape index (κ1) is 31.9. The molecule has 3 amide bonds. The zero-order valence-corrected chi connectivity index (χ0v) is 23.8. The molecule has 1 rings (SSSR count). The van der Waals surface area contributed by atoms with Crippen LogP contribution in [0.25, 0.3) is 0 Å². The number of amides is 3. The van der Waals surface area contributed by atoms with Crippen LogP contribution in [0.4, 0.5) is 4.79 Å². The van der Waals surface area contributed by atoms with Gasteiger partial charge < -0.3 is 25.4 Å². The summed E-state index contributed by atoms with van der Waals surface area (Å²) in [5.74, 6) is -1.49. The molecule has 37 heavy (non-hydrogen) atoms. The van der Waals surface area contributed by atoms with Crippen molar-refractivity contribution < 1.29 is 28.7 Å². The Hall–Kier alpha value is -3.10. The zero-order valence-electron chi connectivity index (χ0n) is 23.8. The SMILES string of the molecule is COC(=O)[C@@H](Cc1ccccc1)NC(=O)C(CC(C)(C)C)NC(=O)[C@@H](CC(C)C)NC(=O)OC(C)(C)C. The van der Waals surface area contributed by atoms with Crippen LogP contribution in [0.3, 0.4) is 0 Å². The molecule has 9 nitrogen and oxygen atoms in total. The van der Waals surface area contributed by atoms with Crippen LogP contribution in [0.2, 0.25) is 0 Å². The third-order valence-corrected chi connectivity index (χ3v) is 5.25. The predicted octanol–water partition coefficient (Wildman–Crippen LogP) is 3.75. The van der Waals surface area contributed by atoms with E-state index >= 15 is 0 Å². The number of esters is 1. The van der Waals surface area contributed by atoms with Crippen LogP contribution in [0, 0.1) is 11.3 Å². The van der Waals surface area contributed by atoms with Crippen LogP contribution in [-0.4, -0.2) is 54.7 Å². The summed E-state index contributed by atoms with van der Waals surface area (Å²) in [6.07, 6.45) is 0.197. The molecule has 0 aliphatic heterocycles. The van der Waals surface area contributed by atoms with Gasteiger partial charge in [0.25, 0.3) is 0 Å². The van der Waals surface area contributed by atoms with Gasteiger partial charge in [0.1, 0.15) is 23.7 Å². The number of methoxy groups -OCH3 is 1. The monoisotopic (exact) mass is 519 g/mol. The van der Waals surface area contributed by atoms with Gasteiger partial charge in [0.2, 0.25) is 11.8 Å². The van der Waals surface area contributed by atoms with Crippen molar-refractivity contribution in [2.45, 2.75) is 98.4 Å². The van der Waals surface area contributed by atoms with E-state index in [0.717, 1.165) is 5.56 Å². The van der Waals surface area contributed by atoms with Crippen molar-refractivity contribution in [1.29, 1.82) is 0 Å². The van der Waals surface area contributed by atoms with Gasteiger partial charge in [-0.15, -0.1) is 0 Å². The Morgan fingerprint density at radius 1 is 0.811 bits per heavy atom. The van der Waals surface area contributed by atoms with Gasteiger partial charge in [-0.05, 0) is 50.5 Å². The summed E-state index contributed by atoms with van der Waals surface area (Å²) >= 11 is 0. The third kappa shape index (κ3) is 13.1. The van der Waals surface area contributed by atoms with E-state index in [9.17, 15) is 19.2 Å². The average Bonchev–Trinajstić information content (AvgIpc) is 2.75. The lowest BCUT2D eigenvalue weighted by Crippen LogP contribution is -2.57. The second-order valence-electron chi connectivity index (χ2n) is 11.9. The molecule has 1 aromatic carbocycles. The minimum absolute atomic E-state index is 0.0927. The molecule has 3 N–H and O–H groups in total. The lowest BCUT2D eigenvalue weighted by atomic mass is 9.87. The highest BCUT2D eigenvalue weighted by atomic mass is 16.6. The normalized spacial score (nSPS) is 14.2. The molecule has 0 spiro atoms. The van der Waals surface area contributed by atoms with Crippen LogP contribution in [-0.2, 0) is 30.3 Å². The van der Waals surface area contributed by atoms with Crippen LogP contribution in [0.5, 0.6) is 0 Å². The first-order chi connectivity index (χ1) is 17.0. The van der Waals surface area contributed by atoms with Gasteiger partial charge in [0.05, 0.1) is 7.11 Å². The molecule has 0 fully saturated rings. The molecule has 1 aromatic rings. The number of benzene rings is 1. The molecule has 0 heterocycles. The molecular formula is C28H45N3O6. The van der Waals surface area contributed by atoms with Crippen molar-refractivity contribution >= 4 is 23.9 Å². The quantitative estimate of drug-likeness (QED) is 0.383. The summed E-state index contributed by atoms with van der Waals surface area (Å²) in [6.45, 7) is 14.9. The minimum Gasteiger partial charge on any atom is -0.467 e. The highest BCUT2D eigenvalue weighted by Gasteiger charge is 2.33. The van der Waals surface area contributed by atoms with Crippen molar-refractivity contribution in [3.8, 4) is 0 Å². The Bertz CT molecular complexity index is 903. The third-order valence-electron chi connectivity index (χ3n) is 5.25. The molecule has 0 bridgehead atoms. The molecule has 3 atom stereocenters. The lowest BCUT2D eigenvalue weighted by molar-refractivity contribution is -0.145. The number of ether oxygens (including phenoxy) is 2. The van der Waals surface area contributed by atoms with Crippen LogP contribution in [0.15, 0.2) is 30.3 Å². The first-order valence-corrected chi connectivity index (χ1v) is 12.7. The number of rotatable bonds is 11. The fourth-order valence-electron chi connectivity index (χ4n) is 3.70. The summed E-state index contributed by atoms with van der Waals surface area (Å²) in [6, 6.07) is 6.51. The number of alkyl carbamates (subject to hydrolysis) is 1. The molecule has 208 valence electrons. The lowest BCUT2D eigenvalue weighted by Gasteiger charge is -2.30. The van der Waals surface area contributed by atoms with Crippen molar-refractivity contribution in [3.05, 3.63) is 35.9 Å². The maximum atomic E-state index is 13.4. The van der Waals surface area contributed by atoms with E-state index in [1.165, 1.54) is 7.11 Å². The molecule has 0 saturated carbocycles. The number of nitrogens with one attached hydrogen (secondary N) is 3. The highest BCUT2D eigenvalue weighted by Crippen LogP contribution is 2.21. The van der Waals surface area contributed by atoms with E-state index in [1.54, 1.807) is 20.8 Å². The predicted molar refractivity (Wildman–Crippen MR) is 143 cm³/mol. The number of hydrogen-bond acceptors (Lipinski definition) is 6. The topological polar surface area (TPSA) is 123 Å². The smallest absolute Gasteiger partial charge is 0.408 e. The van der Waals surface area contributed by atoms with E-state index in [1.807, 2.05) is 65.0 Å². The van der Waals surface area contributed by atoms with E-state index in [2.05, 4.69) is 16.0 Å². The summed E-state index contributed by atoms with van der Waals surface area (Å²) < 4.78 is 10.2. The average molecular weight is 520 g/mol. The molecule has 0 saturated heterocycles. The van der Waals surface area contributed by atoms with Gasteiger partial charge in [0.15, 0.2) is 0 Å². The Kier molecular flexibility index (Phi) is 12.1. The van der Waals surface area contributed by atoms with Gasteiger partial charge in [-0.3, -0.25) is 9.59 Å². The number of carbonyl (C=O) groups excluding carboxylic acids is 4. The van der Waals surface area contributed by atoms with E-state index < -0.39 is 47.6 Å². The standard InChI is InChI=1S/C28H45N3O6/c1-18(2)15-20(31-26(35)37-28(6,7)8)23(32)30-22(17-27(3,4)5)24(33)29-21(25(34)36-9)16-19-13-11-10-12-14-19/h10-14,18,20-22H,15-17H2,1-9H3,(H,29,33)(H,30,32)(H,31,35)/t20-,21-,22?/m1/s1. The summed E-state index contributed by atoms with van der Waals surface area (Å²) in [4.78, 5) is 51.5. The van der Waals surface area contributed by atoms with Crippen LogP contribution >= 0.6 is 0 Å². The van der Waals surface area contributed by atoms with Gasteiger partial charge in [-0.2, -0.15) is 0 Å². The highest BCUT2D eigenvalue weighted by molar-refractivity contribution is 5.93. The van der Waals surface area contributed by atoms with Crippen molar-refractivity contribution in [2.75, 3.05) is 7.11 Å². The van der Waals surface area contributed by atoms with Gasteiger partial charge in [-0.25, -0.2) is 9.59 Å². The molecule has 1 unspecified atom stereocenters. The fourth-order valence-corrected chi connectivity index (χ4v) is 3.70. The number of carbonyl (C=O) groups is 4. The van der Waals surface area contributed by atoms with Gasteiger partial charge in [-0.1, -0.05) is 65.0 Å². The maximum absolute atomic E-state index is 13.4. The molecule has 9 heteroatoms. The summed E-state index contributed by atoms with van der Waals surface area (Å²) in [5.41, 5.74) is -0.186. The summed E-state index contributed by atoms with van der Waals surface area (Å²) in [7, 11) is 1.26. The molecule has 0 radical (unpaired) electrons. The van der Waals surface area contributed by atoms with Gasteiger partial charge >= 0.3 is 12.1 Å². The second-order valence-corrected chi connectivity index (χ2v) is 11.9. The Labute approximate surface area is 221 Å². The van der Waals surface area contributed by atoms with Crippen LogP contribution < -0.4 is 16.0 Å². The Balaban J connectivity index is 3.11. The van der Waals surface area contributed by atoms with Crippen LogP contribution in [0.1, 0.15) is 73.8 Å². The largest absolute Gasteiger partial charge is 0.467 e. The second kappa shape index (κ2) is 14.0. The van der Waals surface area contributed by atoms with Gasteiger partial charge in [0, 0.05) is 6.42 Å².